The third-order valence-electron chi connectivity index (χ3n) is 3.46. The number of nitriles is 1. The van der Waals surface area contributed by atoms with E-state index in [1.165, 1.54) is 0 Å². The van der Waals surface area contributed by atoms with Gasteiger partial charge < -0.3 is 15.2 Å². The summed E-state index contributed by atoms with van der Waals surface area (Å²) >= 11 is 0. The molecule has 1 aliphatic heterocycles. The molecule has 2 N–H and O–H groups in total. The number of nitrogens with one attached hydrogen (secondary N) is 1. The Morgan fingerprint density at radius 2 is 2.43 bits per heavy atom. The Hall–Kier alpha value is -1.94. The number of ether oxygens (including phenoxy) is 1. The van der Waals surface area contributed by atoms with Gasteiger partial charge in [-0.3, -0.25) is 9.69 Å². The first kappa shape index (κ1) is 15.4. The van der Waals surface area contributed by atoms with Gasteiger partial charge in [-0.2, -0.15) is 5.26 Å². The second-order valence-electron chi connectivity index (χ2n) is 4.94. The van der Waals surface area contributed by atoms with Gasteiger partial charge in [0, 0.05) is 25.2 Å². The first-order chi connectivity index (χ1) is 10.2. The summed E-state index contributed by atoms with van der Waals surface area (Å²) in [6, 6.07) is 8.82. The van der Waals surface area contributed by atoms with E-state index in [4.69, 9.17) is 10.00 Å². The number of aliphatic hydroxyl groups is 1. The van der Waals surface area contributed by atoms with Gasteiger partial charge in [0.1, 0.15) is 0 Å². The van der Waals surface area contributed by atoms with E-state index < -0.39 is 0 Å². The molecule has 6 nitrogen and oxygen atoms in total. The lowest BCUT2D eigenvalue weighted by Gasteiger charge is -2.34. The highest BCUT2D eigenvalue weighted by molar-refractivity contribution is 5.90. The van der Waals surface area contributed by atoms with Crippen molar-refractivity contribution < 1.29 is 14.6 Å². The molecule has 1 fully saturated rings. The van der Waals surface area contributed by atoms with Gasteiger partial charge in [-0.1, -0.05) is 6.07 Å². The summed E-state index contributed by atoms with van der Waals surface area (Å²) < 4.78 is 5.30. The van der Waals surface area contributed by atoms with Gasteiger partial charge >= 0.3 is 0 Å². The van der Waals surface area contributed by atoms with Gasteiger partial charge in [0.05, 0.1) is 37.5 Å². The topological polar surface area (TPSA) is 85.6 Å². The van der Waals surface area contributed by atoms with E-state index in [9.17, 15) is 9.90 Å². The summed E-state index contributed by atoms with van der Waals surface area (Å²) in [5, 5.41) is 20.9. The van der Waals surface area contributed by atoms with Crippen LogP contribution in [0.3, 0.4) is 0 Å². The van der Waals surface area contributed by atoms with Crippen LogP contribution in [-0.4, -0.2) is 54.9 Å². The maximum Gasteiger partial charge on any atom is 0.225 e. The van der Waals surface area contributed by atoms with Gasteiger partial charge in [0.15, 0.2) is 0 Å². The molecule has 1 atom stereocenters. The molecule has 2 rings (SSSR count). The number of amides is 1. The molecule has 1 aromatic rings. The highest BCUT2D eigenvalue weighted by atomic mass is 16.5. The minimum atomic E-state index is -0.103. The van der Waals surface area contributed by atoms with Gasteiger partial charge in [-0.05, 0) is 18.2 Å². The van der Waals surface area contributed by atoms with Gasteiger partial charge in [-0.25, -0.2) is 0 Å². The van der Waals surface area contributed by atoms with Crippen molar-refractivity contribution in [1.29, 1.82) is 5.26 Å². The Morgan fingerprint density at radius 3 is 3.19 bits per heavy atom. The Bertz CT molecular complexity index is 527. The minimum absolute atomic E-state index is 0.0336. The fourth-order valence-electron chi connectivity index (χ4n) is 2.29. The van der Waals surface area contributed by atoms with Crippen molar-refractivity contribution in [3.05, 3.63) is 29.8 Å². The molecule has 0 aromatic heterocycles. The maximum absolute atomic E-state index is 11.9. The first-order valence-corrected chi connectivity index (χ1v) is 6.95. The number of carbonyl (C=O) groups excluding carboxylic acids is 1. The van der Waals surface area contributed by atoms with Crippen molar-refractivity contribution in [2.75, 3.05) is 38.2 Å². The van der Waals surface area contributed by atoms with Crippen LogP contribution in [0.4, 0.5) is 5.69 Å². The summed E-state index contributed by atoms with van der Waals surface area (Å²) in [6.07, 6.45) is 0.341. The van der Waals surface area contributed by atoms with E-state index in [1.807, 2.05) is 6.07 Å². The molecule has 1 heterocycles. The monoisotopic (exact) mass is 289 g/mol. The molecule has 1 saturated heterocycles. The van der Waals surface area contributed by atoms with Crippen LogP contribution in [0.25, 0.3) is 0 Å². The molecule has 0 radical (unpaired) electrons. The number of hydrogen-bond donors (Lipinski definition) is 2. The molecule has 1 aromatic carbocycles. The van der Waals surface area contributed by atoms with Crippen LogP contribution in [0.2, 0.25) is 0 Å². The number of hydrogen-bond acceptors (Lipinski definition) is 5. The zero-order chi connectivity index (χ0) is 15.1. The van der Waals surface area contributed by atoms with Crippen molar-refractivity contribution >= 4 is 11.6 Å². The van der Waals surface area contributed by atoms with E-state index in [2.05, 4.69) is 10.2 Å². The SMILES string of the molecule is N#Cc1cccc(NC(=O)CCN2CCOCC2CO)c1. The molecular weight excluding hydrogens is 270 g/mol. The Labute approximate surface area is 123 Å². The molecule has 1 aliphatic rings. The molecule has 21 heavy (non-hydrogen) atoms. The molecule has 0 bridgehead atoms. The molecule has 0 saturated carbocycles. The number of morpholine rings is 1. The lowest BCUT2D eigenvalue weighted by molar-refractivity contribution is -0.117. The van der Waals surface area contributed by atoms with Crippen LogP contribution >= 0.6 is 0 Å². The number of rotatable bonds is 5. The molecular formula is C15H19N3O3. The van der Waals surface area contributed by atoms with Gasteiger partial charge in [0.2, 0.25) is 5.91 Å². The summed E-state index contributed by atoms with van der Waals surface area (Å²) in [5.74, 6) is -0.103. The highest BCUT2D eigenvalue weighted by Crippen LogP contribution is 2.11. The van der Waals surface area contributed by atoms with E-state index >= 15 is 0 Å². The molecule has 6 heteroatoms. The molecule has 0 spiro atoms. The standard InChI is InChI=1S/C15H19N3O3/c16-9-12-2-1-3-13(8-12)17-15(20)4-5-18-6-7-21-11-14(18)10-19/h1-3,8,14,19H,4-7,10-11H2,(H,17,20). The summed E-state index contributed by atoms with van der Waals surface area (Å²) in [6.45, 7) is 2.47. The minimum Gasteiger partial charge on any atom is -0.395 e. The van der Waals surface area contributed by atoms with Gasteiger partial charge in [0.25, 0.3) is 0 Å². The van der Waals surface area contributed by atoms with Crippen LogP contribution in [-0.2, 0) is 9.53 Å². The average molecular weight is 289 g/mol. The Kier molecular flexibility index (Phi) is 5.69. The summed E-state index contributed by atoms with van der Waals surface area (Å²) in [4.78, 5) is 14.0. The Morgan fingerprint density at radius 1 is 1.57 bits per heavy atom. The number of anilines is 1. The first-order valence-electron chi connectivity index (χ1n) is 6.95. The van der Waals surface area contributed by atoms with Crippen LogP contribution < -0.4 is 5.32 Å². The van der Waals surface area contributed by atoms with E-state index in [-0.39, 0.29) is 18.6 Å². The van der Waals surface area contributed by atoms with Crippen molar-refractivity contribution in [2.45, 2.75) is 12.5 Å². The third-order valence-corrected chi connectivity index (χ3v) is 3.46. The van der Waals surface area contributed by atoms with Crippen molar-refractivity contribution in [1.82, 2.24) is 4.90 Å². The molecule has 0 aliphatic carbocycles. The zero-order valence-corrected chi connectivity index (χ0v) is 11.8. The number of aliphatic hydroxyl groups excluding tert-OH is 1. The van der Waals surface area contributed by atoms with Crippen molar-refractivity contribution in [2.24, 2.45) is 0 Å². The van der Waals surface area contributed by atoms with E-state index in [1.54, 1.807) is 24.3 Å². The smallest absolute Gasteiger partial charge is 0.225 e. The normalized spacial score (nSPS) is 19.0. The highest BCUT2D eigenvalue weighted by Gasteiger charge is 2.22. The zero-order valence-electron chi connectivity index (χ0n) is 11.8. The Balaban J connectivity index is 1.83. The summed E-state index contributed by atoms with van der Waals surface area (Å²) in [5.41, 5.74) is 1.14. The predicted molar refractivity (Wildman–Crippen MR) is 77.7 cm³/mol. The quantitative estimate of drug-likeness (QED) is 0.828. The van der Waals surface area contributed by atoms with E-state index in [0.29, 0.717) is 37.4 Å². The number of nitrogens with zero attached hydrogens (tertiary/aromatic N) is 2. The lowest BCUT2D eigenvalue weighted by Crippen LogP contribution is -2.48. The lowest BCUT2D eigenvalue weighted by atomic mass is 10.2. The molecule has 1 unspecified atom stereocenters. The van der Waals surface area contributed by atoms with E-state index in [0.717, 1.165) is 6.54 Å². The second kappa shape index (κ2) is 7.74. The van der Waals surface area contributed by atoms with Crippen LogP contribution in [0.5, 0.6) is 0 Å². The largest absolute Gasteiger partial charge is 0.395 e. The number of carbonyl (C=O) groups is 1. The maximum atomic E-state index is 11.9. The second-order valence-corrected chi connectivity index (χ2v) is 4.94. The fourth-order valence-corrected chi connectivity index (χ4v) is 2.29. The average Bonchev–Trinajstić information content (AvgIpc) is 2.53. The van der Waals surface area contributed by atoms with Crippen molar-refractivity contribution in [3.63, 3.8) is 0 Å². The fraction of sp³-hybridized carbons (Fsp3) is 0.467. The third kappa shape index (κ3) is 4.53. The van der Waals surface area contributed by atoms with Crippen molar-refractivity contribution in [3.8, 4) is 6.07 Å². The van der Waals surface area contributed by atoms with Crippen LogP contribution in [0.15, 0.2) is 24.3 Å². The number of benzene rings is 1. The predicted octanol–water partition coefficient (Wildman–Crippen LogP) is 0.580. The van der Waals surface area contributed by atoms with Gasteiger partial charge in [-0.15, -0.1) is 0 Å². The van der Waals surface area contributed by atoms with Crippen LogP contribution in [0.1, 0.15) is 12.0 Å². The molecule has 112 valence electrons. The molecule has 1 amide bonds. The summed E-state index contributed by atoms with van der Waals surface area (Å²) in [7, 11) is 0. The van der Waals surface area contributed by atoms with Crippen LogP contribution in [0, 0.1) is 11.3 Å².